The van der Waals surface area contributed by atoms with Crippen LogP contribution in [0.1, 0.15) is 58.6 Å². The first kappa shape index (κ1) is 25.2. The summed E-state index contributed by atoms with van der Waals surface area (Å²) in [6.45, 7) is 9.90. The maximum absolute atomic E-state index is 13.8. The van der Waals surface area contributed by atoms with Crippen molar-refractivity contribution in [2.24, 2.45) is 0 Å². The molecule has 6 heteroatoms. The highest BCUT2D eigenvalue weighted by Crippen LogP contribution is 2.43. The lowest BCUT2D eigenvalue weighted by molar-refractivity contribution is 0.158. The standard InChI is InChI=1S/C30H32O6/c1-17(2)7-6-8-18(3)9-11-22-28(34)26-25(35-29(22)20-12-10-19(31)15-23(20)32)16-24-21(27(26)33)13-14-30(4,5)36-24/h7,9-10,12-16,31-33H,6,8,11H2,1-5H3/b18-9+. The number of aromatic hydroxyl groups is 3. The lowest BCUT2D eigenvalue weighted by Gasteiger charge is -2.28. The summed E-state index contributed by atoms with van der Waals surface area (Å²) in [6, 6.07) is 5.72. The molecule has 0 bridgehead atoms. The van der Waals surface area contributed by atoms with E-state index in [9.17, 15) is 20.1 Å². The lowest BCUT2D eigenvalue weighted by Crippen LogP contribution is -2.27. The molecule has 0 amide bonds. The van der Waals surface area contributed by atoms with E-state index in [1.165, 1.54) is 23.8 Å². The molecule has 1 aromatic heterocycles. The number of hydrogen-bond acceptors (Lipinski definition) is 6. The molecule has 4 rings (SSSR count). The molecule has 3 aromatic rings. The summed E-state index contributed by atoms with van der Waals surface area (Å²) in [5, 5.41) is 31.5. The SMILES string of the molecule is CC(C)=CCC/C(C)=C/Cc1c(-c2ccc(O)cc2O)oc2cc3c(c(O)c2c1=O)C=CC(C)(C)O3. The van der Waals surface area contributed by atoms with Crippen LogP contribution in [-0.4, -0.2) is 20.9 Å². The molecule has 0 spiro atoms. The third-order valence-electron chi connectivity index (χ3n) is 6.25. The van der Waals surface area contributed by atoms with Gasteiger partial charge in [-0.05, 0) is 78.2 Å². The third kappa shape index (κ3) is 5.03. The molecule has 0 saturated heterocycles. The van der Waals surface area contributed by atoms with E-state index in [2.05, 4.69) is 19.9 Å². The zero-order valence-electron chi connectivity index (χ0n) is 21.3. The smallest absolute Gasteiger partial charge is 0.200 e. The van der Waals surface area contributed by atoms with Gasteiger partial charge in [-0.1, -0.05) is 23.3 Å². The van der Waals surface area contributed by atoms with Gasteiger partial charge < -0.3 is 24.5 Å². The van der Waals surface area contributed by atoms with Gasteiger partial charge in [0, 0.05) is 17.7 Å². The summed E-state index contributed by atoms with van der Waals surface area (Å²) >= 11 is 0. The Hall–Kier alpha value is -3.93. The van der Waals surface area contributed by atoms with E-state index >= 15 is 0 Å². The van der Waals surface area contributed by atoms with Gasteiger partial charge in [0.2, 0.25) is 5.43 Å². The van der Waals surface area contributed by atoms with Gasteiger partial charge in [0.05, 0.1) is 11.1 Å². The minimum absolute atomic E-state index is 0.0642. The second-order valence-electron chi connectivity index (χ2n) is 10.1. The molecule has 2 heterocycles. The highest BCUT2D eigenvalue weighted by molar-refractivity contribution is 5.92. The Morgan fingerprint density at radius 2 is 1.81 bits per heavy atom. The Balaban J connectivity index is 1.91. The highest BCUT2D eigenvalue weighted by atomic mass is 16.5. The van der Waals surface area contributed by atoms with Gasteiger partial charge in [-0.3, -0.25) is 4.79 Å². The van der Waals surface area contributed by atoms with E-state index in [-0.39, 0.29) is 51.4 Å². The first-order valence-electron chi connectivity index (χ1n) is 12.0. The quantitative estimate of drug-likeness (QED) is 0.323. The van der Waals surface area contributed by atoms with E-state index in [1.807, 2.05) is 32.9 Å². The van der Waals surface area contributed by atoms with Crippen LogP contribution in [0.5, 0.6) is 23.0 Å². The predicted molar refractivity (Wildman–Crippen MR) is 143 cm³/mol. The molecular formula is C30H32O6. The molecule has 3 N–H and O–H groups in total. The van der Waals surface area contributed by atoms with Crippen LogP contribution in [0, 0.1) is 0 Å². The summed E-state index contributed by atoms with van der Waals surface area (Å²) < 4.78 is 12.2. The van der Waals surface area contributed by atoms with Crippen molar-refractivity contribution in [3.63, 3.8) is 0 Å². The maximum atomic E-state index is 13.8. The van der Waals surface area contributed by atoms with Crippen molar-refractivity contribution in [3.8, 4) is 34.3 Å². The van der Waals surface area contributed by atoms with E-state index < -0.39 is 5.60 Å². The second-order valence-corrected chi connectivity index (χ2v) is 10.1. The summed E-state index contributed by atoms with van der Waals surface area (Å²) in [6.07, 6.45) is 9.71. The molecule has 1 aliphatic rings. The van der Waals surface area contributed by atoms with Crippen molar-refractivity contribution in [1.29, 1.82) is 0 Å². The molecule has 1 aliphatic heterocycles. The third-order valence-corrected chi connectivity index (χ3v) is 6.25. The Labute approximate surface area is 210 Å². The van der Waals surface area contributed by atoms with Crippen molar-refractivity contribution < 1.29 is 24.5 Å². The molecule has 36 heavy (non-hydrogen) atoms. The molecule has 0 saturated carbocycles. The van der Waals surface area contributed by atoms with Gasteiger partial charge in [0.15, 0.2) is 0 Å². The Bertz CT molecular complexity index is 1480. The fourth-order valence-electron chi connectivity index (χ4n) is 4.29. The normalized spacial score (nSPS) is 14.4. The number of ether oxygens (including phenoxy) is 1. The van der Waals surface area contributed by atoms with Crippen LogP contribution in [0.15, 0.2) is 62.9 Å². The van der Waals surface area contributed by atoms with Crippen molar-refractivity contribution >= 4 is 17.0 Å². The molecular weight excluding hydrogens is 456 g/mol. The van der Waals surface area contributed by atoms with Gasteiger partial charge in [0.1, 0.15) is 45.3 Å². The van der Waals surface area contributed by atoms with Gasteiger partial charge in [-0.2, -0.15) is 0 Å². The molecule has 2 aromatic carbocycles. The van der Waals surface area contributed by atoms with E-state index in [0.717, 1.165) is 18.4 Å². The zero-order valence-corrected chi connectivity index (χ0v) is 21.3. The van der Waals surface area contributed by atoms with Crippen LogP contribution in [0.2, 0.25) is 0 Å². The summed E-state index contributed by atoms with van der Waals surface area (Å²) in [4.78, 5) is 13.8. The fraction of sp³-hybridized carbons (Fsp3) is 0.300. The molecule has 0 fully saturated rings. The van der Waals surface area contributed by atoms with Crippen molar-refractivity contribution in [3.05, 3.63) is 75.0 Å². The lowest BCUT2D eigenvalue weighted by atomic mass is 9.96. The van der Waals surface area contributed by atoms with Crippen LogP contribution in [0.25, 0.3) is 28.4 Å². The van der Waals surface area contributed by atoms with Gasteiger partial charge in [-0.25, -0.2) is 0 Å². The van der Waals surface area contributed by atoms with Crippen molar-refractivity contribution in [2.45, 2.75) is 59.5 Å². The van der Waals surface area contributed by atoms with Crippen LogP contribution in [0.3, 0.4) is 0 Å². The maximum Gasteiger partial charge on any atom is 0.200 e. The molecule has 0 aliphatic carbocycles. The molecule has 0 radical (unpaired) electrons. The predicted octanol–water partition coefficient (Wildman–Crippen LogP) is 7.00. The number of hydrogen-bond donors (Lipinski definition) is 3. The minimum Gasteiger partial charge on any atom is -0.508 e. The molecule has 6 nitrogen and oxygen atoms in total. The highest BCUT2D eigenvalue weighted by Gasteiger charge is 2.28. The zero-order chi connectivity index (χ0) is 26.2. The Morgan fingerprint density at radius 3 is 2.50 bits per heavy atom. The Morgan fingerprint density at radius 1 is 1.06 bits per heavy atom. The first-order valence-corrected chi connectivity index (χ1v) is 12.0. The average molecular weight is 489 g/mol. The minimum atomic E-state index is -0.584. The monoisotopic (exact) mass is 488 g/mol. The first-order chi connectivity index (χ1) is 17.0. The second kappa shape index (κ2) is 9.61. The molecule has 0 atom stereocenters. The molecule has 0 unspecified atom stereocenters. The average Bonchev–Trinajstić information content (AvgIpc) is 2.77. The number of rotatable bonds is 6. The van der Waals surface area contributed by atoms with Gasteiger partial charge in [-0.15, -0.1) is 0 Å². The molecule has 188 valence electrons. The number of fused-ring (bicyclic) bond motifs is 2. The number of phenolic OH excluding ortho intramolecular Hbond substituents is 3. The Kier molecular flexibility index (Phi) is 6.72. The van der Waals surface area contributed by atoms with Gasteiger partial charge >= 0.3 is 0 Å². The van der Waals surface area contributed by atoms with E-state index in [4.69, 9.17) is 9.15 Å². The summed E-state index contributed by atoms with van der Waals surface area (Å²) in [7, 11) is 0. The van der Waals surface area contributed by atoms with Crippen molar-refractivity contribution in [2.75, 3.05) is 0 Å². The van der Waals surface area contributed by atoms with Crippen LogP contribution in [0.4, 0.5) is 0 Å². The number of allylic oxidation sites excluding steroid dienone is 4. The van der Waals surface area contributed by atoms with E-state index in [1.54, 1.807) is 12.1 Å². The largest absolute Gasteiger partial charge is 0.508 e. The number of benzene rings is 2. The van der Waals surface area contributed by atoms with Crippen LogP contribution < -0.4 is 10.2 Å². The van der Waals surface area contributed by atoms with Gasteiger partial charge in [0.25, 0.3) is 0 Å². The summed E-state index contributed by atoms with van der Waals surface area (Å²) in [5.41, 5.74) is 2.55. The van der Waals surface area contributed by atoms with E-state index in [0.29, 0.717) is 16.9 Å². The summed E-state index contributed by atoms with van der Waals surface area (Å²) in [5.74, 6) is 0.0631. The van der Waals surface area contributed by atoms with Crippen LogP contribution in [-0.2, 0) is 6.42 Å². The fourth-order valence-corrected chi connectivity index (χ4v) is 4.29. The van der Waals surface area contributed by atoms with Crippen LogP contribution >= 0.6 is 0 Å². The topological polar surface area (TPSA) is 100 Å². The van der Waals surface area contributed by atoms with Crippen molar-refractivity contribution in [1.82, 2.24) is 0 Å². The number of phenols is 3.